The molecule has 138 valence electrons. The number of aromatic nitrogens is 3. The van der Waals surface area contributed by atoms with Gasteiger partial charge in [0.1, 0.15) is 12.4 Å². The first-order valence-electron chi connectivity index (χ1n) is 8.57. The van der Waals surface area contributed by atoms with Crippen LogP contribution in [0.15, 0.2) is 36.5 Å². The van der Waals surface area contributed by atoms with Crippen LogP contribution in [-0.2, 0) is 0 Å². The molecule has 1 atom stereocenters. The van der Waals surface area contributed by atoms with Crippen molar-refractivity contribution in [3.8, 4) is 17.0 Å². The van der Waals surface area contributed by atoms with E-state index in [1.807, 2.05) is 6.92 Å². The Labute approximate surface area is 152 Å². The summed E-state index contributed by atoms with van der Waals surface area (Å²) in [5, 5.41) is 4.21. The molecule has 2 aromatic heterocycles. The molecule has 4 N–H and O–H groups in total. The second-order valence-electron chi connectivity index (χ2n) is 7.35. The van der Waals surface area contributed by atoms with Crippen LogP contribution in [0.5, 0.6) is 5.75 Å². The lowest BCUT2D eigenvalue weighted by atomic mass is 9.93. The predicted molar refractivity (Wildman–Crippen MR) is 100 cm³/mol. The Hall–Kier alpha value is -2.67. The fraction of sp³-hybridized carbons (Fsp3) is 0.368. The number of benzene rings is 1. The van der Waals surface area contributed by atoms with Gasteiger partial charge in [0.05, 0.1) is 11.9 Å². The van der Waals surface area contributed by atoms with E-state index in [9.17, 15) is 4.39 Å². The van der Waals surface area contributed by atoms with Crippen LogP contribution in [0.2, 0.25) is 0 Å². The number of hydrogen-bond acceptors (Lipinski definition) is 5. The zero-order chi connectivity index (χ0) is 18.9. The number of nitrogens with two attached hydrogens (primary N) is 2. The van der Waals surface area contributed by atoms with Crippen molar-refractivity contribution < 1.29 is 9.13 Å². The van der Waals surface area contributed by atoms with Crippen molar-refractivity contribution >= 4 is 11.5 Å². The maximum atomic E-state index is 14.6. The summed E-state index contributed by atoms with van der Waals surface area (Å²) in [6.07, 6.45) is 2.41. The summed E-state index contributed by atoms with van der Waals surface area (Å²) >= 11 is 0. The molecule has 1 aromatic carbocycles. The first-order valence-corrected chi connectivity index (χ1v) is 8.57. The van der Waals surface area contributed by atoms with Gasteiger partial charge in [0.25, 0.3) is 0 Å². The molecule has 0 aliphatic heterocycles. The fourth-order valence-electron chi connectivity index (χ4n) is 3.15. The number of nitrogens with zero attached hydrogens (tertiary/aromatic N) is 3. The van der Waals surface area contributed by atoms with Crippen LogP contribution in [0.25, 0.3) is 16.9 Å². The molecule has 0 unspecified atom stereocenters. The molecule has 0 bridgehead atoms. The summed E-state index contributed by atoms with van der Waals surface area (Å²) in [5.74, 6) is 0.502. The van der Waals surface area contributed by atoms with Crippen LogP contribution in [0.1, 0.15) is 27.2 Å². The minimum atomic E-state index is -0.514. The number of fused-ring (bicyclic) bond motifs is 1. The molecule has 6 nitrogen and oxygen atoms in total. The van der Waals surface area contributed by atoms with Gasteiger partial charge in [-0.1, -0.05) is 13.8 Å². The number of halogens is 1. The van der Waals surface area contributed by atoms with Crippen molar-refractivity contribution in [1.29, 1.82) is 0 Å². The monoisotopic (exact) mass is 357 g/mol. The molecule has 3 rings (SSSR count). The zero-order valence-electron chi connectivity index (χ0n) is 15.2. The molecule has 0 fully saturated rings. The van der Waals surface area contributed by atoms with E-state index < -0.39 is 11.4 Å². The summed E-state index contributed by atoms with van der Waals surface area (Å²) in [5.41, 5.74) is 13.4. The third kappa shape index (κ3) is 3.94. The quantitative estimate of drug-likeness (QED) is 0.706. The van der Waals surface area contributed by atoms with Gasteiger partial charge in [-0.05, 0) is 37.5 Å². The third-order valence-corrected chi connectivity index (χ3v) is 4.04. The van der Waals surface area contributed by atoms with Gasteiger partial charge in [-0.15, -0.1) is 0 Å². The van der Waals surface area contributed by atoms with Crippen molar-refractivity contribution in [3.63, 3.8) is 0 Å². The molecule has 0 aliphatic carbocycles. The zero-order valence-corrected chi connectivity index (χ0v) is 15.2. The van der Waals surface area contributed by atoms with E-state index in [2.05, 4.69) is 23.9 Å². The van der Waals surface area contributed by atoms with Gasteiger partial charge >= 0.3 is 0 Å². The number of ether oxygens (including phenoxy) is 1. The molecule has 0 radical (unpaired) electrons. The Kier molecular flexibility index (Phi) is 4.82. The predicted octanol–water partition coefficient (Wildman–Crippen LogP) is 3.26. The Bertz CT molecular complexity index is 919. The Morgan fingerprint density at radius 3 is 2.73 bits per heavy atom. The van der Waals surface area contributed by atoms with Gasteiger partial charge in [-0.2, -0.15) is 5.10 Å². The van der Waals surface area contributed by atoms with Crippen molar-refractivity contribution in [2.75, 3.05) is 12.3 Å². The molecule has 0 spiro atoms. The lowest BCUT2D eigenvalue weighted by molar-refractivity contribution is 0.200. The van der Waals surface area contributed by atoms with Gasteiger partial charge in [-0.3, -0.25) is 0 Å². The Balaban J connectivity index is 1.85. The maximum absolute atomic E-state index is 14.6. The summed E-state index contributed by atoms with van der Waals surface area (Å²) in [7, 11) is 0. The number of nitrogen functional groups attached to an aromatic ring is 1. The third-order valence-electron chi connectivity index (χ3n) is 4.04. The normalized spacial score (nSPS) is 13.9. The Morgan fingerprint density at radius 1 is 1.27 bits per heavy atom. The van der Waals surface area contributed by atoms with Crippen molar-refractivity contribution in [1.82, 2.24) is 14.6 Å². The van der Waals surface area contributed by atoms with Crippen LogP contribution >= 0.6 is 0 Å². The average molecular weight is 357 g/mol. The van der Waals surface area contributed by atoms with E-state index in [-0.39, 0.29) is 12.4 Å². The molecule has 0 saturated heterocycles. The van der Waals surface area contributed by atoms with E-state index in [1.165, 1.54) is 6.07 Å². The van der Waals surface area contributed by atoms with E-state index >= 15 is 0 Å². The molecule has 0 aliphatic rings. The minimum Gasteiger partial charge on any atom is -0.489 e. The van der Waals surface area contributed by atoms with Crippen LogP contribution in [0.4, 0.5) is 10.2 Å². The molecule has 7 heteroatoms. The summed E-state index contributed by atoms with van der Waals surface area (Å²) < 4.78 is 21.8. The molecule has 0 saturated carbocycles. The van der Waals surface area contributed by atoms with E-state index in [1.54, 1.807) is 35.0 Å². The second-order valence-corrected chi connectivity index (χ2v) is 7.35. The van der Waals surface area contributed by atoms with Gasteiger partial charge in [0.15, 0.2) is 17.2 Å². The lowest BCUT2D eigenvalue weighted by Crippen LogP contribution is -2.43. The van der Waals surface area contributed by atoms with E-state index in [4.69, 9.17) is 16.2 Å². The van der Waals surface area contributed by atoms with Crippen molar-refractivity contribution in [3.05, 3.63) is 42.3 Å². The maximum Gasteiger partial charge on any atom is 0.165 e. The summed E-state index contributed by atoms with van der Waals surface area (Å²) in [6, 6.07) is 8.17. The SMILES string of the molecule is CC(C)C[C@](C)(N)COc1ccc(-c2cc(N)nc3ccnn23)cc1F. The van der Waals surface area contributed by atoms with Gasteiger partial charge in [0, 0.05) is 23.2 Å². The molecular weight excluding hydrogens is 333 g/mol. The molecule has 0 amide bonds. The van der Waals surface area contributed by atoms with Crippen LogP contribution < -0.4 is 16.2 Å². The van der Waals surface area contributed by atoms with Gasteiger partial charge < -0.3 is 16.2 Å². The standard InChI is InChI=1S/C19H24FN5O/c1-12(2)10-19(3,22)11-26-16-5-4-13(8-14(16)20)15-9-17(21)24-18-6-7-23-25(15)18/h4-9,12H,10-11,22H2,1-3H3,(H2,21,24)/t19-/m0/s1. The van der Waals surface area contributed by atoms with Crippen LogP contribution in [0.3, 0.4) is 0 Å². The number of anilines is 1. The minimum absolute atomic E-state index is 0.174. The largest absolute Gasteiger partial charge is 0.489 e. The first kappa shape index (κ1) is 18.1. The second kappa shape index (κ2) is 6.92. The number of rotatable bonds is 6. The Morgan fingerprint density at radius 2 is 2.04 bits per heavy atom. The fourth-order valence-corrected chi connectivity index (χ4v) is 3.15. The van der Waals surface area contributed by atoms with Crippen molar-refractivity contribution in [2.24, 2.45) is 11.7 Å². The number of hydrogen-bond donors (Lipinski definition) is 2. The van der Waals surface area contributed by atoms with Gasteiger partial charge in [-0.25, -0.2) is 13.9 Å². The molecular formula is C19H24FN5O. The highest BCUT2D eigenvalue weighted by atomic mass is 19.1. The smallest absolute Gasteiger partial charge is 0.165 e. The highest BCUT2D eigenvalue weighted by Gasteiger charge is 2.22. The molecule has 2 heterocycles. The van der Waals surface area contributed by atoms with Gasteiger partial charge in [0.2, 0.25) is 0 Å². The van der Waals surface area contributed by atoms with Crippen LogP contribution in [-0.4, -0.2) is 26.7 Å². The highest BCUT2D eigenvalue weighted by Crippen LogP contribution is 2.27. The molecule has 26 heavy (non-hydrogen) atoms. The average Bonchev–Trinajstić information content (AvgIpc) is 2.99. The van der Waals surface area contributed by atoms with Crippen LogP contribution in [0, 0.1) is 11.7 Å². The summed E-state index contributed by atoms with van der Waals surface area (Å²) in [6.45, 7) is 6.34. The molecule has 3 aromatic rings. The lowest BCUT2D eigenvalue weighted by Gasteiger charge is -2.26. The van der Waals surface area contributed by atoms with E-state index in [0.29, 0.717) is 28.6 Å². The topological polar surface area (TPSA) is 91.5 Å². The first-order chi connectivity index (χ1) is 12.2. The van der Waals surface area contributed by atoms with Crippen molar-refractivity contribution in [2.45, 2.75) is 32.7 Å². The highest BCUT2D eigenvalue weighted by molar-refractivity contribution is 5.66. The summed E-state index contributed by atoms with van der Waals surface area (Å²) in [4.78, 5) is 4.19. The van der Waals surface area contributed by atoms with E-state index in [0.717, 1.165) is 6.42 Å².